The summed E-state index contributed by atoms with van der Waals surface area (Å²) in [5.41, 5.74) is 2.05. The van der Waals surface area contributed by atoms with Gasteiger partial charge >= 0.3 is 5.97 Å². The van der Waals surface area contributed by atoms with Crippen molar-refractivity contribution in [3.05, 3.63) is 45.4 Å². The fourth-order valence-corrected chi connectivity index (χ4v) is 3.68. The second kappa shape index (κ2) is 7.11. The number of benzene rings is 1. The molecule has 1 amide bonds. The minimum absolute atomic E-state index is 0.0327. The van der Waals surface area contributed by atoms with Gasteiger partial charge in [0.1, 0.15) is 4.88 Å². The van der Waals surface area contributed by atoms with Crippen LogP contribution < -0.4 is 5.32 Å². The summed E-state index contributed by atoms with van der Waals surface area (Å²) in [6, 6.07) is 6.81. The van der Waals surface area contributed by atoms with Crippen LogP contribution in [0.2, 0.25) is 0 Å². The molecule has 1 unspecified atom stereocenters. The van der Waals surface area contributed by atoms with Gasteiger partial charge in [-0.15, -0.1) is 11.3 Å². The Balaban J connectivity index is 1.69. The van der Waals surface area contributed by atoms with Crippen LogP contribution >= 0.6 is 11.3 Å². The summed E-state index contributed by atoms with van der Waals surface area (Å²) in [7, 11) is 0. The Morgan fingerprint density at radius 2 is 2.12 bits per heavy atom. The van der Waals surface area contributed by atoms with Crippen molar-refractivity contribution in [2.24, 2.45) is 0 Å². The Morgan fingerprint density at radius 1 is 1.38 bits per heavy atom. The zero-order valence-electron chi connectivity index (χ0n) is 13.2. The molecular weight excluding hydrogens is 328 g/mol. The van der Waals surface area contributed by atoms with Crippen LogP contribution in [0.1, 0.15) is 38.3 Å². The zero-order valence-corrected chi connectivity index (χ0v) is 14.1. The third kappa shape index (κ3) is 3.80. The van der Waals surface area contributed by atoms with Crippen LogP contribution in [0.15, 0.2) is 24.3 Å². The molecule has 0 bridgehead atoms. The first-order valence-electron chi connectivity index (χ1n) is 7.70. The lowest BCUT2D eigenvalue weighted by Gasteiger charge is -2.05. The molecule has 6 nitrogen and oxygen atoms in total. The first-order valence-corrected chi connectivity index (χ1v) is 8.51. The van der Waals surface area contributed by atoms with Crippen molar-refractivity contribution in [3.8, 4) is 0 Å². The lowest BCUT2D eigenvalue weighted by Crippen LogP contribution is -2.11. The second-order valence-corrected chi connectivity index (χ2v) is 6.78. The molecular formula is C17H18N2O4S. The number of aliphatic carboxylic acids is 1. The van der Waals surface area contributed by atoms with E-state index in [-0.39, 0.29) is 18.2 Å². The van der Waals surface area contributed by atoms with Crippen molar-refractivity contribution >= 4 is 28.9 Å². The molecule has 1 saturated heterocycles. The molecule has 126 valence electrons. The van der Waals surface area contributed by atoms with Gasteiger partial charge in [-0.25, -0.2) is 4.98 Å². The van der Waals surface area contributed by atoms with Gasteiger partial charge in [0, 0.05) is 18.2 Å². The molecule has 0 spiro atoms. The minimum Gasteiger partial charge on any atom is -0.481 e. The van der Waals surface area contributed by atoms with E-state index < -0.39 is 5.97 Å². The van der Waals surface area contributed by atoms with Crippen molar-refractivity contribution in [2.75, 3.05) is 18.5 Å². The number of hydrogen-bond acceptors (Lipinski definition) is 5. The van der Waals surface area contributed by atoms with Crippen molar-refractivity contribution in [2.45, 2.75) is 25.7 Å². The minimum atomic E-state index is -0.879. The van der Waals surface area contributed by atoms with Gasteiger partial charge in [0.25, 0.3) is 5.91 Å². The first-order chi connectivity index (χ1) is 11.5. The largest absolute Gasteiger partial charge is 0.481 e. The highest BCUT2D eigenvalue weighted by atomic mass is 32.1. The highest BCUT2D eigenvalue weighted by Gasteiger charge is 2.24. The number of rotatable bonds is 5. The quantitative estimate of drug-likeness (QED) is 0.869. The second-order valence-electron chi connectivity index (χ2n) is 5.75. The maximum atomic E-state index is 12.5. The summed E-state index contributed by atoms with van der Waals surface area (Å²) in [5, 5.41) is 12.6. The highest BCUT2D eigenvalue weighted by Crippen LogP contribution is 2.31. The summed E-state index contributed by atoms with van der Waals surface area (Å²) in [4.78, 5) is 28.3. The maximum Gasteiger partial charge on any atom is 0.307 e. The standard InChI is InChI=1S/C17H18N2O4S/c1-10-15(24-17(18-10)12-6-7-23-9-12)16(22)19-13-4-2-11(3-5-13)8-14(20)21/h2-5,12H,6-9H2,1H3,(H,19,22)(H,20,21). The molecule has 0 radical (unpaired) electrons. The number of carbonyl (C=O) groups is 2. The number of hydrogen-bond donors (Lipinski definition) is 2. The molecule has 0 saturated carbocycles. The summed E-state index contributed by atoms with van der Waals surface area (Å²) in [5.74, 6) is -0.790. The third-order valence-corrected chi connectivity index (χ3v) is 5.18. The molecule has 2 heterocycles. The Kier molecular flexibility index (Phi) is 4.92. The molecule has 7 heteroatoms. The van der Waals surface area contributed by atoms with E-state index in [9.17, 15) is 9.59 Å². The molecule has 1 aliphatic heterocycles. The summed E-state index contributed by atoms with van der Waals surface area (Å²) in [6.45, 7) is 3.24. The average Bonchev–Trinajstić information content (AvgIpc) is 3.18. The van der Waals surface area contributed by atoms with Gasteiger partial charge in [-0.1, -0.05) is 12.1 Å². The third-order valence-electron chi connectivity index (χ3n) is 3.87. The van der Waals surface area contributed by atoms with E-state index in [0.717, 1.165) is 23.7 Å². The van der Waals surface area contributed by atoms with Crippen LogP contribution in [-0.4, -0.2) is 35.2 Å². The van der Waals surface area contributed by atoms with Crippen LogP contribution in [-0.2, 0) is 16.0 Å². The molecule has 1 atom stereocenters. The zero-order chi connectivity index (χ0) is 17.1. The number of thiazole rings is 1. The molecule has 2 N–H and O–H groups in total. The van der Waals surface area contributed by atoms with Crippen LogP contribution in [0.25, 0.3) is 0 Å². The molecule has 1 fully saturated rings. The number of carboxylic acid groups (broad SMARTS) is 1. The fraction of sp³-hybridized carbons (Fsp3) is 0.353. The van der Waals surface area contributed by atoms with Crippen molar-refractivity contribution in [1.82, 2.24) is 4.98 Å². The van der Waals surface area contributed by atoms with Crippen molar-refractivity contribution < 1.29 is 19.4 Å². The number of carboxylic acids is 1. The number of nitrogens with one attached hydrogen (secondary N) is 1. The molecule has 24 heavy (non-hydrogen) atoms. The molecule has 2 aromatic rings. The van der Waals surface area contributed by atoms with Gasteiger partial charge in [0.05, 0.1) is 23.7 Å². The van der Waals surface area contributed by atoms with Crippen LogP contribution in [0, 0.1) is 6.92 Å². The fourth-order valence-electron chi connectivity index (χ4n) is 2.60. The topological polar surface area (TPSA) is 88.5 Å². The lowest BCUT2D eigenvalue weighted by atomic mass is 10.1. The lowest BCUT2D eigenvalue weighted by molar-refractivity contribution is -0.136. The summed E-state index contributed by atoms with van der Waals surface area (Å²) < 4.78 is 5.38. The van der Waals surface area contributed by atoms with Crippen LogP contribution in [0.3, 0.4) is 0 Å². The predicted molar refractivity (Wildman–Crippen MR) is 90.8 cm³/mol. The van der Waals surface area contributed by atoms with Gasteiger partial charge in [-0.05, 0) is 31.0 Å². The predicted octanol–water partition coefficient (Wildman–Crippen LogP) is 2.83. The van der Waals surface area contributed by atoms with Gasteiger partial charge in [-0.3, -0.25) is 9.59 Å². The van der Waals surface area contributed by atoms with Gasteiger partial charge in [0.15, 0.2) is 0 Å². The number of ether oxygens (including phenoxy) is 1. The van der Waals surface area contributed by atoms with Crippen molar-refractivity contribution in [1.29, 1.82) is 0 Å². The van der Waals surface area contributed by atoms with E-state index in [2.05, 4.69) is 10.3 Å². The Hall–Kier alpha value is -2.25. The van der Waals surface area contributed by atoms with Gasteiger partial charge in [0.2, 0.25) is 0 Å². The SMILES string of the molecule is Cc1nc(C2CCOC2)sc1C(=O)Nc1ccc(CC(=O)O)cc1. The van der Waals surface area contributed by atoms with E-state index in [1.807, 2.05) is 6.92 Å². The molecule has 3 rings (SSSR count). The molecule has 1 aromatic carbocycles. The van der Waals surface area contributed by atoms with Crippen molar-refractivity contribution in [3.63, 3.8) is 0 Å². The number of nitrogens with zero attached hydrogens (tertiary/aromatic N) is 1. The number of amides is 1. The Labute approximate surface area is 143 Å². The van der Waals surface area contributed by atoms with E-state index in [1.54, 1.807) is 24.3 Å². The van der Waals surface area contributed by atoms with E-state index >= 15 is 0 Å². The monoisotopic (exact) mass is 346 g/mol. The maximum absolute atomic E-state index is 12.5. The van der Waals surface area contributed by atoms with E-state index in [0.29, 0.717) is 22.7 Å². The molecule has 1 aliphatic rings. The number of aromatic nitrogens is 1. The summed E-state index contributed by atoms with van der Waals surface area (Å²) in [6.07, 6.45) is 0.911. The van der Waals surface area contributed by atoms with E-state index in [1.165, 1.54) is 11.3 Å². The van der Waals surface area contributed by atoms with Crippen LogP contribution in [0.4, 0.5) is 5.69 Å². The van der Waals surface area contributed by atoms with Gasteiger partial charge < -0.3 is 15.2 Å². The average molecular weight is 346 g/mol. The van der Waals surface area contributed by atoms with Crippen LogP contribution in [0.5, 0.6) is 0 Å². The normalized spacial score (nSPS) is 17.0. The molecule has 1 aromatic heterocycles. The highest BCUT2D eigenvalue weighted by molar-refractivity contribution is 7.14. The van der Waals surface area contributed by atoms with E-state index in [4.69, 9.17) is 9.84 Å². The number of anilines is 1. The number of carbonyl (C=O) groups excluding carboxylic acids is 1. The molecule has 0 aliphatic carbocycles. The Bertz CT molecular complexity index is 748. The Morgan fingerprint density at radius 3 is 2.75 bits per heavy atom. The first kappa shape index (κ1) is 16.6. The van der Waals surface area contributed by atoms with Gasteiger partial charge in [-0.2, -0.15) is 0 Å². The number of aryl methyl sites for hydroxylation is 1. The smallest absolute Gasteiger partial charge is 0.307 e. The summed E-state index contributed by atoms with van der Waals surface area (Å²) >= 11 is 1.41.